The van der Waals surface area contributed by atoms with Crippen LogP contribution >= 0.6 is 0 Å². The molecular formula is C15H20N2O2. The molecule has 0 spiro atoms. The van der Waals surface area contributed by atoms with Crippen LogP contribution in [0.25, 0.3) is 11.0 Å². The highest BCUT2D eigenvalue weighted by Crippen LogP contribution is 2.23. The van der Waals surface area contributed by atoms with Crippen LogP contribution in [0, 0.1) is 0 Å². The largest absolute Gasteiger partial charge is 0.462 e. The van der Waals surface area contributed by atoms with Crippen LogP contribution in [-0.2, 0) is 11.3 Å². The number of hydrogen-bond acceptors (Lipinski definition) is 3. The van der Waals surface area contributed by atoms with E-state index in [-0.39, 0.29) is 5.97 Å². The SMILES string of the molecule is CCOC(=O)c1ccc2c(c1)nc(C(C)C)n2CC. The zero-order chi connectivity index (χ0) is 14.0. The molecule has 0 atom stereocenters. The maximum absolute atomic E-state index is 11.7. The number of hydrogen-bond donors (Lipinski definition) is 0. The number of ether oxygens (including phenoxy) is 1. The third kappa shape index (κ3) is 2.48. The number of carbonyl (C=O) groups excluding carboxylic acids is 1. The summed E-state index contributed by atoms with van der Waals surface area (Å²) in [5, 5.41) is 0. The summed E-state index contributed by atoms with van der Waals surface area (Å²) in [4.78, 5) is 16.4. The van der Waals surface area contributed by atoms with Crippen LogP contribution in [0.4, 0.5) is 0 Å². The van der Waals surface area contributed by atoms with E-state index in [9.17, 15) is 4.79 Å². The number of nitrogens with zero attached hydrogens (tertiary/aromatic N) is 2. The lowest BCUT2D eigenvalue weighted by atomic mass is 10.2. The number of carbonyl (C=O) groups is 1. The number of aryl methyl sites for hydroxylation is 1. The molecule has 0 saturated carbocycles. The molecule has 0 saturated heterocycles. The summed E-state index contributed by atoms with van der Waals surface area (Å²) in [6.45, 7) is 9.42. The van der Waals surface area contributed by atoms with Crippen molar-refractivity contribution in [1.82, 2.24) is 9.55 Å². The molecule has 0 fully saturated rings. The third-order valence-electron chi connectivity index (χ3n) is 3.12. The normalized spacial score (nSPS) is 11.2. The molecule has 0 radical (unpaired) electrons. The van der Waals surface area contributed by atoms with Crippen molar-refractivity contribution in [2.24, 2.45) is 0 Å². The fourth-order valence-corrected chi connectivity index (χ4v) is 2.26. The van der Waals surface area contributed by atoms with Crippen LogP contribution in [0.1, 0.15) is 49.8 Å². The molecule has 0 unspecified atom stereocenters. The number of imidazole rings is 1. The first kappa shape index (κ1) is 13.6. The quantitative estimate of drug-likeness (QED) is 0.792. The Morgan fingerprint density at radius 1 is 1.37 bits per heavy atom. The number of esters is 1. The maximum Gasteiger partial charge on any atom is 0.338 e. The molecule has 0 aliphatic rings. The van der Waals surface area contributed by atoms with E-state index in [1.165, 1.54) is 0 Å². The van der Waals surface area contributed by atoms with E-state index in [2.05, 4.69) is 30.3 Å². The Morgan fingerprint density at radius 3 is 2.68 bits per heavy atom. The molecule has 1 heterocycles. The second-order valence-corrected chi connectivity index (χ2v) is 4.79. The van der Waals surface area contributed by atoms with Crippen molar-refractivity contribution in [3.63, 3.8) is 0 Å². The van der Waals surface area contributed by atoms with Gasteiger partial charge >= 0.3 is 5.97 Å². The van der Waals surface area contributed by atoms with Gasteiger partial charge in [0, 0.05) is 12.5 Å². The van der Waals surface area contributed by atoms with Crippen molar-refractivity contribution in [3.05, 3.63) is 29.6 Å². The molecule has 1 aromatic carbocycles. The topological polar surface area (TPSA) is 44.1 Å². The fourth-order valence-electron chi connectivity index (χ4n) is 2.26. The minimum Gasteiger partial charge on any atom is -0.462 e. The summed E-state index contributed by atoms with van der Waals surface area (Å²) in [6.07, 6.45) is 0. The average molecular weight is 260 g/mol. The van der Waals surface area contributed by atoms with E-state index in [1.54, 1.807) is 13.0 Å². The van der Waals surface area contributed by atoms with Crippen LogP contribution in [-0.4, -0.2) is 22.1 Å². The van der Waals surface area contributed by atoms with Gasteiger partial charge in [-0.15, -0.1) is 0 Å². The summed E-state index contributed by atoms with van der Waals surface area (Å²) in [7, 11) is 0. The standard InChI is InChI=1S/C15H20N2O2/c1-5-17-13-8-7-11(15(18)19-6-2)9-12(13)16-14(17)10(3)4/h7-10H,5-6H2,1-4H3. The lowest BCUT2D eigenvalue weighted by Crippen LogP contribution is -2.04. The Labute approximate surface area is 113 Å². The van der Waals surface area contributed by atoms with Gasteiger partial charge in [-0.1, -0.05) is 13.8 Å². The lowest BCUT2D eigenvalue weighted by Gasteiger charge is -2.08. The van der Waals surface area contributed by atoms with Crippen molar-refractivity contribution in [2.75, 3.05) is 6.61 Å². The highest BCUT2D eigenvalue weighted by molar-refractivity contribution is 5.93. The zero-order valence-electron chi connectivity index (χ0n) is 11.9. The van der Waals surface area contributed by atoms with Gasteiger partial charge in [-0.05, 0) is 32.0 Å². The van der Waals surface area contributed by atoms with Crippen LogP contribution in [0.2, 0.25) is 0 Å². The van der Waals surface area contributed by atoms with E-state index < -0.39 is 0 Å². The summed E-state index contributed by atoms with van der Waals surface area (Å²) >= 11 is 0. The molecule has 19 heavy (non-hydrogen) atoms. The molecular weight excluding hydrogens is 240 g/mol. The Morgan fingerprint density at radius 2 is 2.11 bits per heavy atom. The lowest BCUT2D eigenvalue weighted by molar-refractivity contribution is 0.0526. The first-order valence-corrected chi connectivity index (χ1v) is 6.75. The Balaban J connectivity index is 2.52. The van der Waals surface area contributed by atoms with Gasteiger partial charge in [0.15, 0.2) is 0 Å². The van der Waals surface area contributed by atoms with Crippen molar-refractivity contribution in [3.8, 4) is 0 Å². The van der Waals surface area contributed by atoms with Crippen molar-refractivity contribution >= 4 is 17.0 Å². The number of rotatable bonds is 4. The summed E-state index contributed by atoms with van der Waals surface area (Å²) in [5.74, 6) is 1.12. The molecule has 4 nitrogen and oxygen atoms in total. The minimum atomic E-state index is -0.290. The maximum atomic E-state index is 11.7. The second kappa shape index (κ2) is 5.43. The van der Waals surface area contributed by atoms with Gasteiger partial charge in [-0.3, -0.25) is 0 Å². The number of fused-ring (bicyclic) bond motifs is 1. The van der Waals surface area contributed by atoms with Gasteiger partial charge < -0.3 is 9.30 Å². The van der Waals surface area contributed by atoms with Crippen molar-refractivity contribution in [1.29, 1.82) is 0 Å². The Bertz CT molecular complexity index is 599. The van der Waals surface area contributed by atoms with E-state index >= 15 is 0 Å². The van der Waals surface area contributed by atoms with Crippen molar-refractivity contribution < 1.29 is 9.53 Å². The van der Waals surface area contributed by atoms with Gasteiger partial charge in [0.25, 0.3) is 0 Å². The Kier molecular flexibility index (Phi) is 3.88. The van der Waals surface area contributed by atoms with E-state index in [1.807, 2.05) is 12.1 Å². The molecule has 4 heteroatoms. The molecule has 0 amide bonds. The summed E-state index contributed by atoms with van der Waals surface area (Å²) in [6, 6.07) is 5.56. The van der Waals surface area contributed by atoms with Crippen LogP contribution in [0.15, 0.2) is 18.2 Å². The van der Waals surface area contributed by atoms with E-state index in [4.69, 9.17) is 4.74 Å². The Hall–Kier alpha value is -1.84. The van der Waals surface area contributed by atoms with Crippen LogP contribution in [0.3, 0.4) is 0 Å². The molecule has 0 bridgehead atoms. The molecule has 2 aromatic rings. The second-order valence-electron chi connectivity index (χ2n) is 4.79. The highest BCUT2D eigenvalue weighted by atomic mass is 16.5. The first-order valence-electron chi connectivity index (χ1n) is 6.75. The molecule has 0 aliphatic carbocycles. The predicted molar refractivity (Wildman–Crippen MR) is 75.5 cm³/mol. The van der Waals surface area contributed by atoms with E-state index in [0.717, 1.165) is 23.4 Å². The van der Waals surface area contributed by atoms with Gasteiger partial charge in [0.05, 0.1) is 23.2 Å². The average Bonchev–Trinajstić information content (AvgIpc) is 2.76. The monoisotopic (exact) mass is 260 g/mol. The molecule has 0 aliphatic heterocycles. The van der Waals surface area contributed by atoms with Gasteiger partial charge in [-0.2, -0.15) is 0 Å². The molecule has 102 valence electrons. The third-order valence-corrected chi connectivity index (χ3v) is 3.12. The summed E-state index contributed by atoms with van der Waals surface area (Å²) < 4.78 is 7.20. The molecule has 2 rings (SSSR count). The van der Waals surface area contributed by atoms with Gasteiger partial charge in [0.1, 0.15) is 5.82 Å². The smallest absolute Gasteiger partial charge is 0.338 e. The number of benzene rings is 1. The molecule has 1 aromatic heterocycles. The van der Waals surface area contributed by atoms with Crippen molar-refractivity contribution in [2.45, 2.75) is 40.2 Å². The van der Waals surface area contributed by atoms with Crippen LogP contribution in [0.5, 0.6) is 0 Å². The fraction of sp³-hybridized carbons (Fsp3) is 0.467. The summed E-state index contributed by atoms with van der Waals surface area (Å²) in [5.41, 5.74) is 2.49. The zero-order valence-corrected chi connectivity index (χ0v) is 11.9. The van der Waals surface area contributed by atoms with Crippen LogP contribution < -0.4 is 0 Å². The highest BCUT2D eigenvalue weighted by Gasteiger charge is 2.14. The van der Waals surface area contributed by atoms with Gasteiger partial charge in [-0.25, -0.2) is 9.78 Å². The predicted octanol–water partition coefficient (Wildman–Crippen LogP) is 3.36. The molecule has 0 N–H and O–H groups in total. The first-order chi connectivity index (χ1) is 9.08. The number of aromatic nitrogens is 2. The minimum absolute atomic E-state index is 0.290. The van der Waals surface area contributed by atoms with E-state index in [0.29, 0.717) is 18.1 Å². The van der Waals surface area contributed by atoms with Gasteiger partial charge in [0.2, 0.25) is 0 Å².